The molecule has 1 aliphatic heterocycles. The molecule has 1 rings (SSSR count). The SMILES string of the molecule is C=CN1CCS1(=O)=O. The minimum Gasteiger partial charge on any atom is -0.277 e. The third-order valence-corrected chi connectivity index (χ3v) is 2.88. The van der Waals surface area contributed by atoms with Gasteiger partial charge in [-0.05, 0) is 0 Å². The maximum absolute atomic E-state index is 10.5. The van der Waals surface area contributed by atoms with E-state index in [2.05, 4.69) is 6.58 Å². The van der Waals surface area contributed by atoms with Gasteiger partial charge in [0.1, 0.15) is 0 Å². The van der Waals surface area contributed by atoms with Crippen molar-refractivity contribution in [2.24, 2.45) is 0 Å². The zero-order valence-corrected chi connectivity index (χ0v) is 5.19. The van der Waals surface area contributed by atoms with Gasteiger partial charge in [-0.2, -0.15) is 0 Å². The quantitative estimate of drug-likeness (QED) is 0.495. The van der Waals surface area contributed by atoms with E-state index in [0.29, 0.717) is 6.54 Å². The van der Waals surface area contributed by atoms with E-state index in [1.807, 2.05) is 0 Å². The van der Waals surface area contributed by atoms with Crippen LogP contribution < -0.4 is 0 Å². The Bertz CT molecular complexity index is 194. The van der Waals surface area contributed by atoms with Gasteiger partial charge in [0.15, 0.2) is 0 Å². The maximum atomic E-state index is 10.5. The lowest BCUT2D eigenvalue weighted by molar-refractivity contribution is 0.467. The molecule has 0 aromatic rings. The van der Waals surface area contributed by atoms with Gasteiger partial charge in [-0.15, -0.1) is 0 Å². The summed E-state index contributed by atoms with van der Waals surface area (Å²) in [6, 6.07) is 0. The van der Waals surface area contributed by atoms with Gasteiger partial charge in [-0.25, -0.2) is 8.42 Å². The molecule has 1 saturated heterocycles. The topological polar surface area (TPSA) is 37.4 Å². The van der Waals surface area contributed by atoms with Gasteiger partial charge in [0.25, 0.3) is 0 Å². The normalized spacial score (nSPS) is 24.2. The van der Waals surface area contributed by atoms with Crippen molar-refractivity contribution in [3.05, 3.63) is 12.8 Å². The number of rotatable bonds is 1. The van der Waals surface area contributed by atoms with Crippen LogP contribution in [0.5, 0.6) is 0 Å². The van der Waals surface area contributed by atoms with E-state index >= 15 is 0 Å². The molecule has 1 heterocycles. The predicted octanol–water partition coefficient (Wildman–Crippen LogP) is -0.225. The fraction of sp³-hybridized carbons (Fsp3) is 0.500. The predicted molar refractivity (Wildman–Crippen MR) is 30.7 cm³/mol. The smallest absolute Gasteiger partial charge is 0.236 e. The fourth-order valence-corrected chi connectivity index (χ4v) is 1.47. The Hall–Kier alpha value is -0.510. The summed E-state index contributed by atoms with van der Waals surface area (Å²) >= 11 is 0. The van der Waals surface area contributed by atoms with Gasteiger partial charge < -0.3 is 0 Å². The summed E-state index contributed by atoms with van der Waals surface area (Å²) in [6.45, 7) is 3.93. The molecule has 1 aliphatic rings. The molecule has 4 heteroatoms. The lowest BCUT2D eigenvalue weighted by atomic mass is 10.7. The first-order chi connectivity index (χ1) is 3.67. The van der Waals surface area contributed by atoms with Crippen molar-refractivity contribution in [3.63, 3.8) is 0 Å². The zero-order valence-electron chi connectivity index (χ0n) is 4.37. The fourth-order valence-electron chi connectivity index (χ4n) is 0.551. The van der Waals surface area contributed by atoms with E-state index in [1.165, 1.54) is 10.5 Å². The Morgan fingerprint density at radius 1 is 1.62 bits per heavy atom. The Labute approximate surface area is 48.7 Å². The second-order valence-electron chi connectivity index (χ2n) is 1.61. The lowest BCUT2D eigenvalue weighted by Gasteiger charge is -2.28. The number of sulfonamides is 1. The van der Waals surface area contributed by atoms with Crippen LogP contribution in [-0.2, 0) is 10.0 Å². The minimum absolute atomic E-state index is 0.277. The summed E-state index contributed by atoms with van der Waals surface area (Å²) in [7, 11) is -2.86. The molecule has 8 heavy (non-hydrogen) atoms. The molecule has 0 spiro atoms. The van der Waals surface area contributed by atoms with Crippen molar-refractivity contribution < 1.29 is 8.42 Å². The average Bonchev–Trinajstić information content (AvgIpc) is 1.66. The van der Waals surface area contributed by atoms with Crippen molar-refractivity contribution in [2.75, 3.05) is 12.3 Å². The molecule has 0 unspecified atom stereocenters. The number of hydrogen-bond donors (Lipinski definition) is 0. The number of nitrogens with zero attached hydrogens (tertiary/aromatic N) is 1. The van der Waals surface area contributed by atoms with E-state index in [9.17, 15) is 8.42 Å². The molecular weight excluding hydrogens is 126 g/mol. The van der Waals surface area contributed by atoms with E-state index in [1.54, 1.807) is 0 Å². The molecule has 0 aromatic heterocycles. The van der Waals surface area contributed by atoms with Crippen LogP contribution in [0, 0.1) is 0 Å². The highest BCUT2D eigenvalue weighted by molar-refractivity contribution is 7.90. The summed E-state index contributed by atoms with van der Waals surface area (Å²) in [5.41, 5.74) is 0. The van der Waals surface area contributed by atoms with Gasteiger partial charge in [0.05, 0.1) is 5.75 Å². The van der Waals surface area contributed by atoms with Crippen LogP contribution in [0.15, 0.2) is 12.8 Å². The second kappa shape index (κ2) is 1.48. The molecule has 0 saturated carbocycles. The van der Waals surface area contributed by atoms with Gasteiger partial charge in [0, 0.05) is 12.7 Å². The van der Waals surface area contributed by atoms with Crippen molar-refractivity contribution in [1.82, 2.24) is 4.31 Å². The Balaban J connectivity index is 2.78. The van der Waals surface area contributed by atoms with Crippen LogP contribution in [-0.4, -0.2) is 25.0 Å². The second-order valence-corrected chi connectivity index (χ2v) is 3.65. The molecule has 46 valence electrons. The molecule has 1 fully saturated rings. The van der Waals surface area contributed by atoms with Crippen molar-refractivity contribution in [2.45, 2.75) is 0 Å². The standard InChI is InChI=1S/C4H7NO2S/c1-2-5-3-4-8(5,6)7/h2H,1,3-4H2. The first kappa shape index (κ1) is 5.62. The van der Waals surface area contributed by atoms with Crippen LogP contribution in [0.25, 0.3) is 0 Å². The Morgan fingerprint density at radius 2 is 2.25 bits per heavy atom. The van der Waals surface area contributed by atoms with Crippen molar-refractivity contribution in [1.29, 1.82) is 0 Å². The van der Waals surface area contributed by atoms with Crippen LogP contribution in [0.2, 0.25) is 0 Å². The summed E-state index contributed by atoms with van der Waals surface area (Å²) in [5, 5.41) is 0. The summed E-state index contributed by atoms with van der Waals surface area (Å²) in [6.07, 6.45) is 1.33. The van der Waals surface area contributed by atoms with Crippen LogP contribution >= 0.6 is 0 Å². The zero-order chi connectivity index (χ0) is 6.20. The van der Waals surface area contributed by atoms with Crippen LogP contribution in [0.4, 0.5) is 0 Å². The molecule has 3 nitrogen and oxygen atoms in total. The molecule has 0 N–H and O–H groups in total. The monoisotopic (exact) mass is 133 g/mol. The van der Waals surface area contributed by atoms with E-state index in [4.69, 9.17) is 0 Å². The van der Waals surface area contributed by atoms with Crippen molar-refractivity contribution in [3.8, 4) is 0 Å². The largest absolute Gasteiger partial charge is 0.277 e. The first-order valence-corrected chi connectivity index (χ1v) is 3.90. The number of hydrogen-bond acceptors (Lipinski definition) is 2. The Kier molecular flexibility index (Phi) is 1.04. The van der Waals surface area contributed by atoms with Crippen LogP contribution in [0.1, 0.15) is 0 Å². The van der Waals surface area contributed by atoms with Crippen LogP contribution in [0.3, 0.4) is 0 Å². The van der Waals surface area contributed by atoms with E-state index in [-0.39, 0.29) is 5.75 Å². The van der Waals surface area contributed by atoms with E-state index < -0.39 is 10.0 Å². The van der Waals surface area contributed by atoms with Gasteiger partial charge in [-0.1, -0.05) is 6.58 Å². The van der Waals surface area contributed by atoms with Gasteiger partial charge >= 0.3 is 0 Å². The van der Waals surface area contributed by atoms with E-state index in [0.717, 1.165) is 0 Å². The summed E-state index contributed by atoms with van der Waals surface area (Å²) < 4.78 is 22.2. The molecular formula is C4H7NO2S. The molecule has 0 radical (unpaired) electrons. The molecule has 0 aliphatic carbocycles. The Morgan fingerprint density at radius 3 is 2.25 bits per heavy atom. The average molecular weight is 133 g/mol. The molecule has 0 atom stereocenters. The highest BCUT2D eigenvalue weighted by Gasteiger charge is 2.28. The summed E-state index contributed by atoms with van der Waals surface area (Å²) in [4.78, 5) is 0. The maximum Gasteiger partial charge on any atom is 0.236 e. The minimum atomic E-state index is -2.86. The molecule has 0 aromatic carbocycles. The lowest BCUT2D eigenvalue weighted by Crippen LogP contribution is -2.43. The van der Waals surface area contributed by atoms with Gasteiger partial charge in [-0.3, -0.25) is 4.31 Å². The van der Waals surface area contributed by atoms with Crippen molar-refractivity contribution >= 4 is 10.0 Å². The van der Waals surface area contributed by atoms with Gasteiger partial charge in [0.2, 0.25) is 10.0 Å². The molecule has 0 amide bonds. The highest BCUT2D eigenvalue weighted by Crippen LogP contribution is 2.11. The highest BCUT2D eigenvalue weighted by atomic mass is 32.2. The summed E-state index contributed by atoms with van der Waals surface area (Å²) in [5.74, 6) is 0.277. The third kappa shape index (κ3) is 0.608. The third-order valence-electron chi connectivity index (χ3n) is 1.13. The molecule has 0 bridgehead atoms. The first-order valence-electron chi connectivity index (χ1n) is 2.29.